The average Bonchev–Trinajstić information content (AvgIpc) is 2.47. The molecule has 0 radical (unpaired) electrons. The largest absolute Gasteiger partial charge is 0.389 e. The van der Waals surface area contributed by atoms with Gasteiger partial charge in [-0.05, 0) is 25.3 Å². The van der Waals surface area contributed by atoms with Gasteiger partial charge in [-0.3, -0.25) is 0 Å². The maximum Gasteiger partial charge on any atom is 0.128 e. The van der Waals surface area contributed by atoms with Crippen molar-refractivity contribution in [3.63, 3.8) is 0 Å². The van der Waals surface area contributed by atoms with Crippen LogP contribution in [0.4, 0.5) is 4.39 Å². The first kappa shape index (κ1) is 18.1. The van der Waals surface area contributed by atoms with Crippen molar-refractivity contribution in [1.82, 2.24) is 5.32 Å². The summed E-state index contributed by atoms with van der Waals surface area (Å²) in [4.78, 5) is 0. The summed E-state index contributed by atoms with van der Waals surface area (Å²) in [6.45, 7) is 7.42. The molecule has 1 aromatic rings. The molecule has 21 heavy (non-hydrogen) atoms. The molecule has 0 bridgehead atoms. The Morgan fingerprint density at radius 3 is 2.67 bits per heavy atom. The highest BCUT2D eigenvalue weighted by Gasteiger charge is 2.10. The second-order valence-electron chi connectivity index (χ2n) is 5.82. The van der Waals surface area contributed by atoms with Crippen molar-refractivity contribution < 1.29 is 14.2 Å². The van der Waals surface area contributed by atoms with E-state index in [0.29, 0.717) is 24.1 Å². The lowest BCUT2D eigenvalue weighted by Crippen LogP contribution is -2.36. The van der Waals surface area contributed by atoms with Crippen LogP contribution in [0.25, 0.3) is 0 Å². The van der Waals surface area contributed by atoms with Crippen LogP contribution >= 0.6 is 0 Å². The van der Waals surface area contributed by atoms with Gasteiger partial charge in [0.25, 0.3) is 0 Å². The standard InChI is InChI=1S/C17H28FNO2/c1-4-13(2)9-14(3)19-10-16(20)12-21-11-15-7-5-6-8-17(15)18/h5-8,13-14,16,19-20H,4,9-12H2,1-3H3. The van der Waals surface area contributed by atoms with Crippen molar-refractivity contribution in [2.45, 2.75) is 52.4 Å². The molecule has 1 aromatic carbocycles. The molecule has 120 valence electrons. The summed E-state index contributed by atoms with van der Waals surface area (Å²) >= 11 is 0. The third-order valence-corrected chi connectivity index (χ3v) is 3.68. The minimum Gasteiger partial charge on any atom is -0.389 e. The summed E-state index contributed by atoms with van der Waals surface area (Å²) in [5.74, 6) is 0.411. The van der Waals surface area contributed by atoms with Crippen LogP contribution in [0.1, 0.15) is 39.2 Å². The van der Waals surface area contributed by atoms with E-state index >= 15 is 0 Å². The zero-order chi connectivity index (χ0) is 15.7. The Bertz CT molecular complexity index is 400. The van der Waals surface area contributed by atoms with E-state index in [1.165, 1.54) is 12.5 Å². The van der Waals surface area contributed by atoms with Crippen LogP contribution in [0.3, 0.4) is 0 Å². The fourth-order valence-electron chi connectivity index (χ4n) is 2.17. The second kappa shape index (κ2) is 9.87. The summed E-state index contributed by atoms with van der Waals surface area (Å²) in [7, 11) is 0. The third kappa shape index (κ3) is 7.55. The zero-order valence-electron chi connectivity index (χ0n) is 13.3. The number of hydrogen-bond acceptors (Lipinski definition) is 3. The smallest absolute Gasteiger partial charge is 0.128 e. The number of halogens is 1. The number of aliphatic hydroxyl groups is 1. The second-order valence-corrected chi connectivity index (χ2v) is 5.82. The molecule has 0 spiro atoms. The minimum absolute atomic E-state index is 0.187. The van der Waals surface area contributed by atoms with Gasteiger partial charge in [-0.25, -0.2) is 4.39 Å². The van der Waals surface area contributed by atoms with E-state index in [1.807, 2.05) is 0 Å². The normalized spacial score (nSPS) is 15.7. The molecule has 0 heterocycles. The number of rotatable bonds is 10. The first-order valence-electron chi connectivity index (χ1n) is 7.75. The molecule has 0 aliphatic carbocycles. The highest BCUT2D eigenvalue weighted by molar-refractivity contribution is 5.16. The molecular formula is C17H28FNO2. The summed E-state index contributed by atoms with van der Waals surface area (Å²) in [5, 5.41) is 13.2. The van der Waals surface area contributed by atoms with Crippen LogP contribution in [-0.2, 0) is 11.3 Å². The van der Waals surface area contributed by atoms with Gasteiger partial charge in [-0.1, -0.05) is 38.5 Å². The molecule has 0 amide bonds. The maximum absolute atomic E-state index is 13.4. The summed E-state index contributed by atoms with van der Waals surface area (Å²) < 4.78 is 18.7. The van der Waals surface area contributed by atoms with E-state index in [9.17, 15) is 9.50 Å². The minimum atomic E-state index is -0.573. The highest BCUT2D eigenvalue weighted by Crippen LogP contribution is 2.10. The Morgan fingerprint density at radius 1 is 1.29 bits per heavy atom. The molecule has 0 aliphatic heterocycles. The van der Waals surface area contributed by atoms with E-state index in [1.54, 1.807) is 18.2 Å². The van der Waals surface area contributed by atoms with E-state index < -0.39 is 6.10 Å². The fraction of sp³-hybridized carbons (Fsp3) is 0.647. The molecule has 3 nitrogen and oxygen atoms in total. The molecular weight excluding hydrogens is 269 g/mol. The first-order valence-corrected chi connectivity index (χ1v) is 7.75. The molecule has 3 atom stereocenters. The molecule has 0 saturated heterocycles. The van der Waals surface area contributed by atoms with Crippen LogP contribution < -0.4 is 5.32 Å². The quantitative estimate of drug-likeness (QED) is 0.697. The van der Waals surface area contributed by atoms with E-state index in [-0.39, 0.29) is 19.0 Å². The van der Waals surface area contributed by atoms with Crippen molar-refractivity contribution >= 4 is 0 Å². The van der Waals surface area contributed by atoms with Crippen LogP contribution in [0.2, 0.25) is 0 Å². The van der Waals surface area contributed by atoms with Crippen molar-refractivity contribution in [1.29, 1.82) is 0 Å². The molecule has 4 heteroatoms. The summed E-state index contributed by atoms with van der Waals surface area (Å²) in [6, 6.07) is 6.90. The van der Waals surface area contributed by atoms with Crippen molar-refractivity contribution in [2.75, 3.05) is 13.2 Å². The molecule has 0 aromatic heterocycles. The van der Waals surface area contributed by atoms with Gasteiger partial charge >= 0.3 is 0 Å². The number of ether oxygens (including phenoxy) is 1. The van der Waals surface area contributed by atoms with Gasteiger partial charge in [0.15, 0.2) is 0 Å². The van der Waals surface area contributed by atoms with Gasteiger partial charge in [-0.15, -0.1) is 0 Å². The molecule has 0 fully saturated rings. The Morgan fingerprint density at radius 2 is 2.00 bits per heavy atom. The van der Waals surface area contributed by atoms with Crippen molar-refractivity contribution in [2.24, 2.45) is 5.92 Å². The molecule has 1 rings (SSSR count). The molecule has 2 N–H and O–H groups in total. The lowest BCUT2D eigenvalue weighted by molar-refractivity contribution is 0.0265. The van der Waals surface area contributed by atoms with Crippen LogP contribution in [0.15, 0.2) is 24.3 Å². The van der Waals surface area contributed by atoms with Crippen molar-refractivity contribution in [3.05, 3.63) is 35.6 Å². The lowest BCUT2D eigenvalue weighted by Gasteiger charge is -2.19. The highest BCUT2D eigenvalue weighted by atomic mass is 19.1. The van der Waals surface area contributed by atoms with E-state index in [4.69, 9.17) is 4.74 Å². The summed E-state index contributed by atoms with van der Waals surface area (Å²) in [5.41, 5.74) is 0.516. The van der Waals surface area contributed by atoms with Crippen molar-refractivity contribution in [3.8, 4) is 0 Å². The van der Waals surface area contributed by atoms with Gasteiger partial charge < -0.3 is 15.2 Å². The number of aliphatic hydroxyl groups excluding tert-OH is 1. The Balaban J connectivity index is 2.17. The molecule has 3 unspecified atom stereocenters. The lowest BCUT2D eigenvalue weighted by atomic mass is 10.0. The van der Waals surface area contributed by atoms with Gasteiger partial charge in [0.2, 0.25) is 0 Å². The predicted octanol–water partition coefficient (Wildman–Crippen LogP) is 3.12. The Kier molecular flexibility index (Phi) is 8.50. The van der Waals surface area contributed by atoms with Crippen LogP contribution in [-0.4, -0.2) is 30.4 Å². The van der Waals surface area contributed by atoms with Crippen LogP contribution in [0.5, 0.6) is 0 Å². The van der Waals surface area contributed by atoms with Gasteiger partial charge in [0.05, 0.1) is 19.3 Å². The molecule has 0 saturated carbocycles. The maximum atomic E-state index is 13.4. The van der Waals surface area contributed by atoms with E-state index in [2.05, 4.69) is 26.1 Å². The summed E-state index contributed by atoms with van der Waals surface area (Å²) in [6.07, 6.45) is 1.69. The van der Waals surface area contributed by atoms with Gasteiger partial charge in [0, 0.05) is 18.2 Å². The SMILES string of the molecule is CCC(C)CC(C)NCC(O)COCc1ccccc1F. The number of hydrogen-bond donors (Lipinski definition) is 2. The molecule has 0 aliphatic rings. The fourth-order valence-corrected chi connectivity index (χ4v) is 2.17. The first-order chi connectivity index (χ1) is 10.0. The average molecular weight is 297 g/mol. The topological polar surface area (TPSA) is 41.5 Å². The van der Waals surface area contributed by atoms with Crippen LogP contribution in [0, 0.1) is 11.7 Å². The Labute approximate surface area is 127 Å². The number of benzene rings is 1. The number of nitrogens with one attached hydrogen (secondary N) is 1. The monoisotopic (exact) mass is 297 g/mol. The van der Waals surface area contributed by atoms with E-state index in [0.717, 1.165) is 6.42 Å². The predicted molar refractivity (Wildman–Crippen MR) is 83.6 cm³/mol. The third-order valence-electron chi connectivity index (χ3n) is 3.68. The Hall–Kier alpha value is -0.970. The van der Waals surface area contributed by atoms with Gasteiger partial charge in [0.1, 0.15) is 5.82 Å². The zero-order valence-corrected chi connectivity index (χ0v) is 13.3. The van der Waals surface area contributed by atoms with Gasteiger partial charge in [-0.2, -0.15) is 0 Å².